The monoisotopic (exact) mass is 419 g/mol. The summed E-state index contributed by atoms with van der Waals surface area (Å²) in [6.45, 7) is 2.55. The number of amides is 1. The summed E-state index contributed by atoms with van der Waals surface area (Å²) < 4.78 is 5.38. The minimum atomic E-state index is -0.316. The normalized spacial score (nSPS) is 14.8. The number of pyridine rings is 1. The van der Waals surface area contributed by atoms with Crippen molar-refractivity contribution < 1.29 is 9.53 Å². The first kappa shape index (κ1) is 20.7. The summed E-state index contributed by atoms with van der Waals surface area (Å²) in [5, 5.41) is 3.08. The van der Waals surface area contributed by atoms with Gasteiger partial charge in [0.15, 0.2) is 0 Å². The van der Waals surface area contributed by atoms with Crippen LogP contribution in [-0.4, -0.2) is 47.2 Å². The largest absolute Gasteiger partial charge is 0.378 e. The van der Waals surface area contributed by atoms with E-state index in [1.54, 1.807) is 6.20 Å². The fourth-order valence-corrected chi connectivity index (χ4v) is 3.58. The molecule has 1 unspecified atom stereocenters. The highest BCUT2D eigenvalue weighted by molar-refractivity contribution is 5.78. The molecule has 4 rings (SSSR count). The number of hydrogen-bond acceptors (Lipinski definition) is 6. The van der Waals surface area contributed by atoms with Gasteiger partial charge < -0.3 is 15.0 Å². The van der Waals surface area contributed by atoms with Gasteiger partial charge >= 0.3 is 0 Å². The van der Waals surface area contributed by atoms with E-state index in [1.807, 2.05) is 53.4 Å². The van der Waals surface area contributed by atoms with Crippen LogP contribution in [-0.2, 0) is 22.4 Å². The van der Waals surface area contributed by atoms with Crippen LogP contribution in [0.1, 0.15) is 23.0 Å². The van der Waals surface area contributed by atoms with E-state index in [0.717, 1.165) is 5.56 Å². The van der Waals surface area contributed by atoms with Crippen LogP contribution in [0.3, 0.4) is 0 Å². The number of H-pyrrole nitrogens is 1. The summed E-state index contributed by atoms with van der Waals surface area (Å²) in [4.78, 5) is 38.7. The number of aromatic nitrogens is 3. The van der Waals surface area contributed by atoms with Crippen molar-refractivity contribution in [1.29, 1.82) is 0 Å². The van der Waals surface area contributed by atoms with Gasteiger partial charge in [-0.15, -0.1) is 0 Å². The van der Waals surface area contributed by atoms with Gasteiger partial charge in [-0.1, -0.05) is 36.4 Å². The fourth-order valence-electron chi connectivity index (χ4n) is 3.58. The third-order valence-corrected chi connectivity index (χ3v) is 5.11. The SMILES string of the molecule is O=C(Cc1ccccn1)NC(Cc1cc(=O)[nH]c(N2CCOCC2)n1)c1ccccc1. The maximum atomic E-state index is 12.7. The van der Waals surface area contributed by atoms with Crippen molar-refractivity contribution in [2.24, 2.45) is 0 Å². The van der Waals surface area contributed by atoms with Gasteiger partial charge in [0.05, 0.1) is 31.4 Å². The molecule has 0 saturated carbocycles. The Hall–Kier alpha value is -3.52. The second-order valence-corrected chi connectivity index (χ2v) is 7.39. The lowest BCUT2D eigenvalue weighted by Gasteiger charge is -2.27. The molecular formula is C23H25N5O3. The number of carbonyl (C=O) groups excluding carboxylic acids is 1. The van der Waals surface area contributed by atoms with Gasteiger partial charge in [-0.2, -0.15) is 0 Å². The van der Waals surface area contributed by atoms with Gasteiger partial charge in [0, 0.05) is 37.5 Å². The Bertz CT molecular complexity index is 1050. The third-order valence-electron chi connectivity index (χ3n) is 5.11. The molecule has 31 heavy (non-hydrogen) atoms. The minimum absolute atomic E-state index is 0.134. The van der Waals surface area contributed by atoms with Gasteiger partial charge in [-0.25, -0.2) is 4.98 Å². The molecule has 1 fully saturated rings. The number of carbonyl (C=O) groups is 1. The number of nitrogens with one attached hydrogen (secondary N) is 2. The average Bonchev–Trinajstić information content (AvgIpc) is 2.80. The van der Waals surface area contributed by atoms with E-state index in [0.29, 0.717) is 50.1 Å². The van der Waals surface area contributed by atoms with Gasteiger partial charge in [0.2, 0.25) is 11.9 Å². The number of nitrogens with zero attached hydrogens (tertiary/aromatic N) is 3. The third kappa shape index (κ3) is 5.76. The van der Waals surface area contributed by atoms with Crippen LogP contribution >= 0.6 is 0 Å². The summed E-state index contributed by atoms with van der Waals surface area (Å²) in [6, 6.07) is 16.4. The molecule has 1 aliphatic heterocycles. The van der Waals surface area contributed by atoms with Gasteiger partial charge in [0.1, 0.15) is 0 Å². The molecule has 2 N–H and O–H groups in total. The van der Waals surface area contributed by atoms with Crippen LogP contribution in [0.4, 0.5) is 5.95 Å². The quantitative estimate of drug-likeness (QED) is 0.604. The van der Waals surface area contributed by atoms with E-state index in [2.05, 4.69) is 20.3 Å². The number of benzene rings is 1. The summed E-state index contributed by atoms with van der Waals surface area (Å²) in [5.41, 5.74) is 2.07. The van der Waals surface area contributed by atoms with Gasteiger partial charge in [-0.05, 0) is 17.7 Å². The molecule has 8 nitrogen and oxygen atoms in total. The second-order valence-electron chi connectivity index (χ2n) is 7.39. The molecule has 1 atom stereocenters. The highest BCUT2D eigenvalue weighted by Crippen LogP contribution is 2.18. The first-order valence-corrected chi connectivity index (χ1v) is 10.3. The molecule has 1 aromatic carbocycles. The van der Waals surface area contributed by atoms with Crippen molar-refractivity contribution in [3.8, 4) is 0 Å². The first-order chi connectivity index (χ1) is 15.2. The molecular weight excluding hydrogens is 394 g/mol. The Labute approximate surface area is 180 Å². The Morgan fingerprint density at radius 3 is 2.61 bits per heavy atom. The van der Waals surface area contributed by atoms with Crippen LogP contribution in [0, 0.1) is 0 Å². The summed E-state index contributed by atoms with van der Waals surface area (Å²) in [5.74, 6) is 0.406. The van der Waals surface area contributed by atoms with Crippen LogP contribution in [0.15, 0.2) is 65.6 Å². The number of hydrogen-bond donors (Lipinski definition) is 2. The van der Waals surface area contributed by atoms with Gasteiger partial charge in [-0.3, -0.25) is 19.6 Å². The van der Waals surface area contributed by atoms with E-state index in [1.165, 1.54) is 6.07 Å². The van der Waals surface area contributed by atoms with E-state index >= 15 is 0 Å². The molecule has 0 aliphatic carbocycles. The first-order valence-electron chi connectivity index (χ1n) is 10.3. The van der Waals surface area contributed by atoms with E-state index in [4.69, 9.17) is 4.74 Å². The minimum Gasteiger partial charge on any atom is -0.378 e. The van der Waals surface area contributed by atoms with Gasteiger partial charge in [0.25, 0.3) is 5.56 Å². The van der Waals surface area contributed by atoms with Crippen molar-refractivity contribution in [1.82, 2.24) is 20.3 Å². The van der Waals surface area contributed by atoms with Crippen molar-refractivity contribution in [3.63, 3.8) is 0 Å². The molecule has 0 bridgehead atoms. The highest BCUT2D eigenvalue weighted by atomic mass is 16.5. The van der Waals surface area contributed by atoms with E-state index in [9.17, 15) is 9.59 Å². The molecule has 1 amide bonds. The lowest BCUT2D eigenvalue weighted by molar-refractivity contribution is -0.121. The predicted octanol–water partition coefficient (Wildman–Crippen LogP) is 1.64. The number of morpholine rings is 1. The Morgan fingerprint density at radius 1 is 1.10 bits per heavy atom. The predicted molar refractivity (Wildman–Crippen MR) is 117 cm³/mol. The molecule has 8 heteroatoms. The smallest absolute Gasteiger partial charge is 0.252 e. The molecule has 2 aromatic heterocycles. The second kappa shape index (κ2) is 9.99. The zero-order valence-corrected chi connectivity index (χ0v) is 17.2. The lowest BCUT2D eigenvalue weighted by atomic mass is 10.0. The molecule has 3 heterocycles. The fraction of sp³-hybridized carbons (Fsp3) is 0.304. The highest BCUT2D eigenvalue weighted by Gasteiger charge is 2.19. The molecule has 1 aliphatic rings. The van der Waals surface area contributed by atoms with E-state index in [-0.39, 0.29) is 23.9 Å². The number of ether oxygens (including phenoxy) is 1. The van der Waals surface area contributed by atoms with Crippen LogP contribution in [0.5, 0.6) is 0 Å². The maximum absolute atomic E-state index is 12.7. The summed E-state index contributed by atoms with van der Waals surface area (Å²) >= 11 is 0. The molecule has 1 saturated heterocycles. The molecule has 0 spiro atoms. The number of anilines is 1. The summed E-state index contributed by atoms with van der Waals surface area (Å²) in [7, 11) is 0. The van der Waals surface area contributed by atoms with Crippen molar-refractivity contribution >= 4 is 11.9 Å². The van der Waals surface area contributed by atoms with E-state index < -0.39 is 0 Å². The zero-order valence-electron chi connectivity index (χ0n) is 17.2. The molecule has 0 radical (unpaired) electrons. The van der Waals surface area contributed by atoms with Crippen molar-refractivity contribution in [2.75, 3.05) is 31.2 Å². The van der Waals surface area contributed by atoms with Crippen LogP contribution < -0.4 is 15.8 Å². The lowest BCUT2D eigenvalue weighted by Crippen LogP contribution is -2.38. The summed E-state index contributed by atoms with van der Waals surface area (Å²) in [6.07, 6.45) is 2.26. The Morgan fingerprint density at radius 2 is 1.87 bits per heavy atom. The topological polar surface area (TPSA) is 100 Å². The number of rotatable bonds is 7. The van der Waals surface area contributed by atoms with Crippen LogP contribution in [0.25, 0.3) is 0 Å². The molecule has 3 aromatic rings. The maximum Gasteiger partial charge on any atom is 0.252 e. The number of aromatic amines is 1. The average molecular weight is 419 g/mol. The Balaban J connectivity index is 1.54. The standard InChI is InChI=1S/C23H25N5O3/c29-21(15-18-8-4-5-9-24-18)26-20(17-6-2-1-3-7-17)14-19-16-22(30)27-23(25-19)28-10-12-31-13-11-28/h1-9,16,20H,10-15H2,(H,26,29)(H,25,27,30). The van der Waals surface area contributed by atoms with Crippen molar-refractivity contribution in [2.45, 2.75) is 18.9 Å². The molecule has 160 valence electrons. The zero-order chi connectivity index (χ0) is 21.5. The van der Waals surface area contributed by atoms with Crippen LogP contribution in [0.2, 0.25) is 0 Å². The van der Waals surface area contributed by atoms with Crippen molar-refractivity contribution in [3.05, 3.63) is 88.1 Å². The Kier molecular flexibility index (Phi) is 6.68.